The topological polar surface area (TPSA) is 38.3 Å². The Bertz CT molecular complexity index is 377. The van der Waals surface area contributed by atoms with E-state index in [1.165, 1.54) is 30.8 Å². The molecule has 1 aromatic carbocycles. The van der Waals surface area contributed by atoms with Gasteiger partial charge in [-0.3, -0.25) is 0 Å². The summed E-state index contributed by atoms with van der Waals surface area (Å²) >= 11 is 0. The summed E-state index contributed by atoms with van der Waals surface area (Å²) in [6.07, 6.45) is 2.11. The normalized spacial score (nSPS) is 25.9. The molecule has 0 amide bonds. The first-order valence-electron chi connectivity index (χ1n) is 7.64. The van der Waals surface area contributed by atoms with Crippen molar-refractivity contribution in [2.45, 2.75) is 25.0 Å². The summed E-state index contributed by atoms with van der Waals surface area (Å²) in [5.41, 5.74) is 0. The lowest BCUT2D eigenvalue weighted by molar-refractivity contribution is -0.941. The zero-order valence-electron chi connectivity index (χ0n) is 12.6. The molecule has 2 atom stereocenters. The van der Waals surface area contributed by atoms with Crippen LogP contribution >= 0.6 is 0 Å². The molecule has 2 rings (SSSR count). The molecule has 1 fully saturated rings. The predicted molar refractivity (Wildman–Crippen MR) is 79.3 cm³/mol. The molecule has 1 unspecified atom stereocenters. The number of aliphatic hydroxyl groups is 1. The van der Waals surface area contributed by atoms with Gasteiger partial charge in [-0.15, -0.1) is 0 Å². The van der Waals surface area contributed by atoms with Gasteiger partial charge in [-0.2, -0.15) is 0 Å². The van der Waals surface area contributed by atoms with Gasteiger partial charge in [0.15, 0.2) is 0 Å². The zero-order chi connectivity index (χ0) is 14.4. The van der Waals surface area contributed by atoms with Gasteiger partial charge in [-0.1, -0.05) is 18.2 Å². The maximum atomic E-state index is 10.1. The van der Waals surface area contributed by atoms with Gasteiger partial charge in [0.05, 0.1) is 33.2 Å². The van der Waals surface area contributed by atoms with Crippen molar-refractivity contribution in [3.63, 3.8) is 0 Å². The van der Waals surface area contributed by atoms with Crippen LogP contribution in [0.1, 0.15) is 12.8 Å². The number of likely N-dealkylation sites (N-methyl/N-ethyl adjacent to an activating group) is 1. The highest BCUT2D eigenvalue weighted by Crippen LogP contribution is 2.08. The molecule has 0 spiro atoms. The lowest BCUT2D eigenvalue weighted by atomic mass is 10.0. The van der Waals surface area contributed by atoms with Crippen LogP contribution in [0.2, 0.25) is 0 Å². The first-order chi connectivity index (χ1) is 9.65. The first kappa shape index (κ1) is 15.3. The SMILES string of the molecule is C[NH+]1CCC([NH+](C)C[C@H](O)COc2ccccc2)CC1. The third-order valence-electron chi connectivity index (χ3n) is 4.28. The smallest absolute Gasteiger partial charge is 0.137 e. The molecular weight excluding hydrogens is 252 g/mol. The van der Waals surface area contributed by atoms with E-state index < -0.39 is 6.10 Å². The number of nitrogens with one attached hydrogen (secondary N) is 2. The van der Waals surface area contributed by atoms with Crippen molar-refractivity contribution >= 4 is 0 Å². The molecule has 0 bridgehead atoms. The second-order valence-electron chi connectivity index (χ2n) is 6.06. The average Bonchev–Trinajstić information content (AvgIpc) is 2.47. The van der Waals surface area contributed by atoms with Crippen LogP contribution in [0.5, 0.6) is 5.75 Å². The first-order valence-corrected chi connectivity index (χ1v) is 7.64. The second kappa shape index (κ2) is 7.62. The lowest BCUT2D eigenvalue weighted by Crippen LogP contribution is -3.18. The number of hydrogen-bond acceptors (Lipinski definition) is 2. The lowest BCUT2D eigenvalue weighted by Gasteiger charge is -2.31. The minimum absolute atomic E-state index is 0.374. The van der Waals surface area contributed by atoms with Crippen molar-refractivity contribution in [2.24, 2.45) is 0 Å². The van der Waals surface area contributed by atoms with Crippen molar-refractivity contribution in [1.82, 2.24) is 0 Å². The largest absolute Gasteiger partial charge is 0.491 e. The molecule has 0 saturated carbocycles. The minimum Gasteiger partial charge on any atom is -0.491 e. The molecule has 4 nitrogen and oxygen atoms in total. The van der Waals surface area contributed by atoms with Gasteiger partial charge >= 0.3 is 0 Å². The minimum atomic E-state index is -0.401. The maximum Gasteiger partial charge on any atom is 0.137 e. The number of benzene rings is 1. The molecular formula is C16H28N2O2+2. The zero-order valence-corrected chi connectivity index (χ0v) is 12.6. The highest BCUT2D eigenvalue weighted by atomic mass is 16.5. The number of piperidine rings is 1. The number of quaternary nitrogens is 2. The standard InChI is InChI=1S/C16H26N2O2/c1-17-10-8-14(9-11-17)18(2)12-15(19)13-20-16-6-4-3-5-7-16/h3-7,14-15,19H,8-13H2,1-2H3/p+2/t15-/m0/s1. The Morgan fingerprint density at radius 1 is 1.30 bits per heavy atom. The fourth-order valence-corrected chi connectivity index (χ4v) is 2.91. The van der Waals surface area contributed by atoms with E-state index in [1.807, 2.05) is 30.3 Å². The monoisotopic (exact) mass is 280 g/mol. The van der Waals surface area contributed by atoms with Crippen LogP contribution in [0.25, 0.3) is 0 Å². The summed E-state index contributed by atoms with van der Waals surface area (Å²) in [5, 5.41) is 10.1. The molecule has 3 N–H and O–H groups in total. The molecule has 1 aromatic rings. The van der Waals surface area contributed by atoms with Crippen LogP contribution in [-0.2, 0) is 0 Å². The van der Waals surface area contributed by atoms with E-state index >= 15 is 0 Å². The van der Waals surface area contributed by atoms with Gasteiger partial charge in [0, 0.05) is 12.8 Å². The van der Waals surface area contributed by atoms with Crippen LogP contribution < -0.4 is 14.5 Å². The number of rotatable bonds is 6. The van der Waals surface area contributed by atoms with Gasteiger partial charge < -0.3 is 19.6 Å². The maximum absolute atomic E-state index is 10.1. The molecule has 20 heavy (non-hydrogen) atoms. The Kier molecular flexibility index (Phi) is 5.83. The third-order valence-corrected chi connectivity index (χ3v) is 4.28. The fraction of sp³-hybridized carbons (Fsp3) is 0.625. The van der Waals surface area contributed by atoms with Crippen LogP contribution in [-0.4, -0.2) is 57.6 Å². The van der Waals surface area contributed by atoms with Gasteiger partial charge in [0.2, 0.25) is 0 Å². The number of ether oxygens (including phenoxy) is 1. The summed E-state index contributed by atoms with van der Waals surface area (Å²) in [4.78, 5) is 3.06. The summed E-state index contributed by atoms with van der Waals surface area (Å²) in [6.45, 7) is 3.63. The van der Waals surface area contributed by atoms with E-state index in [0.717, 1.165) is 12.3 Å². The van der Waals surface area contributed by atoms with Crippen molar-refractivity contribution in [3.8, 4) is 5.75 Å². The van der Waals surface area contributed by atoms with Crippen LogP contribution in [0.15, 0.2) is 30.3 Å². The predicted octanol–water partition coefficient (Wildman–Crippen LogP) is -1.38. The Morgan fingerprint density at radius 3 is 2.60 bits per heavy atom. The van der Waals surface area contributed by atoms with Gasteiger partial charge in [0.25, 0.3) is 0 Å². The number of aliphatic hydroxyl groups excluding tert-OH is 1. The van der Waals surface area contributed by atoms with E-state index in [2.05, 4.69) is 14.1 Å². The molecule has 112 valence electrons. The Labute approximate surface area is 122 Å². The van der Waals surface area contributed by atoms with Crippen molar-refractivity contribution < 1.29 is 19.6 Å². The molecule has 0 aliphatic carbocycles. The summed E-state index contributed by atoms with van der Waals surface area (Å²) in [7, 11) is 4.45. The highest BCUT2D eigenvalue weighted by Gasteiger charge is 2.27. The summed E-state index contributed by atoms with van der Waals surface area (Å²) in [6, 6.07) is 10.4. The number of hydrogen-bond donors (Lipinski definition) is 3. The quantitative estimate of drug-likeness (QED) is 0.601. The van der Waals surface area contributed by atoms with Crippen molar-refractivity contribution in [1.29, 1.82) is 0 Å². The molecule has 1 saturated heterocycles. The molecule has 0 radical (unpaired) electrons. The van der Waals surface area contributed by atoms with Crippen molar-refractivity contribution in [2.75, 3.05) is 40.3 Å². The molecule has 1 heterocycles. The number of likely N-dealkylation sites (tertiary alicyclic amines) is 1. The van der Waals surface area contributed by atoms with Gasteiger partial charge in [-0.05, 0) is 12.1 Å². The van der Waals surface area contributed by atoms with E-state index in [9.17, 15) is 5.11 Å². The van der Waals surface area contributed by atoms with E-state index in [-0.39, 0.29) is 0 Å². The Balaban J connectivity index is 1.69. The molecule has 1 aliphatic rings. The van der Waals surface area contributed by atoms with E-state index in [4.69, 9.17) is 4.74 Å². The Hall–Kier alpha value is -1.10. The number of para-hydroxylation sites is 1. The molecule has 0 aromatic heterocycles. The highest BCUT2D eigenvalue weighted by molar-refractivity contribution is 5.20. The Morgan fingerprint density at radius 2 is 1.95 bits per heavy atom. The van der Waals surface area contributed by atoms with E-state index in [0.29, 0.717) is 12.6 Å². The summed E-state index contributed by atoms with van der Waals surface area (Å²) in [5.74, 6) is 0.826. The summed E-state index contributed by atoms with van der Waals surface area (Å²) < 4.78 is 5.61. The van der Waals surface area contributed by atoms with Crippen LogP contribution in [0, 0.1) is 0 Å². The van der Waals surface area contributed by atoms with Crippen LogP contribution in [0.4, 0.5) is 0 Å². The van der Waals surface area contributed by atoms with Crippen molar-refractivity contribution in [3.05, 3.63) is 30.3 Å². The second-order valence-corrected chi connectivity index (χ2v) is 6.06. The third kappa shape index (κ3) is 4.78. The van der Waals surface area contributed by atoms with Gasteiger partial charge in [-0.25, -0.2) is 0 Å². The van der Waals surface area contributed by atoms with E-state index in [1.54, 1.807) is 4.90 Å². The van der Waals surface area contributed by atoms with Crippen LogP contribution in [0.3, 0.4) is 0 Å². The molecule has 4 heteroatoms. The average molecular weight is 280 g/mol. The van der Waals surface area contributed by atoms with Gasteiger partial charge in [0.1, 0.15) is 25.0 Å². The fourth-order valence-electron chi connectivity index (χ4n) is 2.91. The molecule has 1 aliphatic heterocycles.